The molecule has 0 bridgehead atoms. The monoisotopic (exact) mass is 335 g/mol. The highest BCUT2D eigenvalue weighted by molar-refractivity contribution is 6.01. The maximum absolute atomic E-state index is 13.0. The number of halogens is 3. The summed E-state index contributed by atoms with van der Waals surface area (Å²) in [5.41, 5.74) is 2.26. The Labute approximate surface area is 139 Å². The normalized spacial score (nSPS) is 20.8. The number of hydrogen-bond acceptors (Lipinski definition) is 2. The molecule has 0 amide bonds. The predicted octanol–water partition coefficient (Wildman–Crippen LogP) is 4.74. The second kappa shape index (κ2) is 6.83. The van der Waals surface area contributed by atoms with E-state index in [0.717, 1.165) is 43.5 Å². The molecule has 0 unspecified atom stereocenters. The SMILES string of the molecule is O=C(C1=C(N2CCCCC2)/C(=C\c2ccccc2)CC1)C(F)(F)F. The molecule has 0 radical (unpaired) electrons. The topological polar surface area (TPSA) is 20.3 Å². The number of alkyl halides is 3. The molecule has 0 N–H and O–H groups in total. The molecule has 128 valence electrons. The van der Waals surface area contributed by atoms with Crippen LogP contribution >= 0.6 is 0 Å². The van der Waals surface area contributed by atoms with Gasteiger partial charge in [0.1, 0.15) is 0 Å². The maximum Gasteiger partial charge on any atom is 0.454 e. The zero-order valence-corrected chi connectivity index (χ0v) is 13.4. The Morgan fingerprint density at radius 2 is 1.67 bits per heavy atom. The molecule has 24 heavy (non-hydrogen) atoms. The van der Waals surface area contributed by atoms with E-state index in [9.17, 15) is 18.0 Å². The smallest absolute Gasteiger partial charge is 0.371 e. The zero-order valence-electron chi connectivity index (χ0n) is 13.4. The van der Waals surface area contributed by atoms with Gasteiger partial charge in [-0.05, 0) is 49.3 Å². The highest BCUT2D eigenvalue weighted by Crippen LogP contribution is 2.39. The number of ketones is 1. The highest BCUT2D eigenvalue weighted by Gasteiger charge is 2.44. The van der Waals surface area contributed by atoms with Gasteiger partial charge in [0.25, 0.3) is 5.78 Å². The van der Waals surface area contributed by atoms with E-state index in [4.69, 9.17) is 0 Å². The number of nitrogens with zero attached hydrogens (tertiary/aromatic N) is 1. The van der Waals surface area contributed by atoms with Gasteiger partial charge in [0.2, 0.25) is 0 Å². The fourth-order valence-electron chi connectivity index (χ4n) is 3.48. The van der Waals surface area contributed by atoms with Gasteiger partial charge in [-0.3, -0.25) is 4.79 Å². The van der Waals surface area contributed by atoms with Crippen LogP contribution in [0.3, 0.4) is 0 Å². The van der Waals surface area contributed by atoms with Gasteiger partial charge >= 0.3 is 6.18 Å². The molecule has 2 aliphatic rings. The van der Waals surface area contributed by atoms with Gasteiger partial charge in [-0.2, -0.15) is 13.2 Å². The number of benzene rings is 1. The van der Waals surface area contributed by atoms with E-state index in [1.807, 2.05) is 41.3 Å². The molecule has 0 saturated carbocycles. The second-order valence-corrected chi connectivity index (χ2v) is 6.28. The summed E-state index contributed by atoms with van der Waals surface area (Å²) in [5.74, 6) is -1.68. The third kappa shape index (κ3) is 3.55. The van der Waals surface area contributed by atoms with Crippen molar-refractivity contribution >= 4 is 11.9 Å². The molecule has 1 aromatic rings. The largest absolute Gasteiger partial charge is 0.454 e. The minimum Gasteiger partial charge on any atom is -0.371 e. The maximum atomic E-state index is 13.0. The zero-order chi connectivity index (χ0) is 17.2. The van der Waals surface area contributed by atoms with Gasteiger partial charge in [0, 0.05) is 24.4 Å². The molecular formula is C19H20F3NO. The molecule has 1 fully saturated rings. The molecule has 1 heterocycles. The minimum absolute atomic E-state index is 0.0634. The lowest BCUT2D eigenvalue weighted by molar-refractivity contribution is -0.166. The van der Waals surface area contributed by atoms with Crippen molar-refractivity contribution in [1.29, 1.82) is 0 Å². The molecular weight excluding hydrogens is 315 g/mol. The van der Waals surface area contributed by atoms with Gasteiger partial charge in [-0.25, -0.2) is 0 Å². The van der Waals surface area contributed by atoms with Crippen LogP contribution in [0.15, 0.2) is 47.2 Å². The van der Waals surface area contributed by atoms with Gasteiger partial charge in [0.05, 0.1) is 0 Å². The van der Waals surface area contributed by atoms with Crippen molar-refractivity contribution in [3.05, 3.63) is 52.7 Å². The van der Waals surface area contributed by atoms with Crippen LogP contribution in [-0.2, 0) is 4.79 Å². The van der Waals surface area contributed by atoms with Crippen molar-refractivity contribution in [3.8, 4) is 0 Å². The number of carbonyl (C=O) groups is 1. The molecule has 5 heteroatoms. The number of Topliss-reactive ketones (excluding diaryl/α,β-unsaturated/α-hetero) is 1. The average molecular weight is 335 g/mol. The summed E-state index contributed by atoms with van der Waals surface area (Å²) in [6.45, 7) is 1.44. The van der Waals surface area contributed by atoms with Crippen LogP contribution < -0.4 is 0 Å². The summed E-state index contributed by atoms with van der Waals surface area (Å²) in [6, 6.07) is 9.53. The molecule has 0 spiro atoms. The van der Waals surface area contributed by atoms with Crippen LogP contribution in [-0.4, -0.2) is 29.9 Å². The van der Waals surface area contributed by atoms with E-state index in [1.165, 1.54) is 0 Å². The number of hydrogen-bond donors (Lipinski definition) is 0. The molecule has 1 aliphatic carbocycles. The molecule has 0 aromatic heterocycles. The third-order valence-electron chi connectivity index (χ3n) is 4.58. The number of piperidine rings is 1. The fraction of sp³-hybridized carbons (Fsp3) is 0.421. The van der Waals surface area contributed by atoms with Crippen LogP contribution in [0, 0.1) is 0 Å². The quantitative estimate of drug-likeness (QED) is 0.795. The van der Waals surface area contributed by atoms with E-state index in [1.54, 1.807) is 0 Å². The Bertz CT molecular complexity index is 668. The van der Waals surface area contributed by atoms with Crippen LogP contribution in [0.4, 0.5) is 13.2 Å². The fourth-order valence-corrected chi connectivity index (χ4v) is 3.48. The number of allylic oxidation sites excluding steroid dienone is 2. The Morgan fingerprint density at radius 1 is 1.00 bits per heavy atom. The number of likely N-dealkylation sites (tertiary alicyclic amines) is 1. The van der Waals surface area contributed by atoms with Gasteiger partial charge in [-0.1, -0.05) is 30.3 Å². The van der Waals surface area contributed by atoms with Crippen LogP contribution in [0.5, 0.6) is 0 Å². The summed E-state index contributed by atoms with van der Waals surface area (Å²) in [5, 5.41) is 0. The Kier molecular flexibility index (Phi) is 4.78. The first-order valence-corrected chi connectivity index (χ1v) is 8.32. The minimum atomic E-state index is -4.81. The summed E-state index contributed by atoms with van der Waals surface area (Å²) >= 11 is 0. The van der Waals surface area contributed by atoms with E-state index in [0.29, 0.717) is 12.1 Å². The second-order valence-electron chi connectivity index (χ2n) is 6.28. The van der Waals surface area contributed by atoms with Gasteiger partial charge in [0.15, 0.2) is 0 Å². The lowest BCUT2D eigenvalue weighted by Gasteiger charge is -2.31. The van der Waals surface area contributed by atoms with Crippen molar-refractivity contribution in [3.63, 3.8) is 0 Å². The summed E-state index contributed by atoms with van der Waals surface area (Å²) in [6.07, 6.45) is 0.759. The first-order chi connectivity index (χ1) is 11.5. The Morgan fingerprint density at radius 3 is 2.29 bits per heavy atom. The Balaban J connectivity index is 2.02. The van der Waals surface area contributed by atoms with E-state index in [-0.39, 0.29) is 12.0 Å². The van der Waals surface area contributed by atoms with E-state index >= 15 is 0 Å². The molecule has 2 nitrogen and oxygen atoms in total. The molecule has 1 saturated heterocycles. The first kappa shape index (κ1) is 16.8. The standard InChI is InChI=1S/C19H20F3NO/c20-19(21,22)18(24)16-10-9-15(13-14-7-3-1-4-8-14)17(16)23-11-5-2-6-12-23/h1,3-4,7-8,13H,2,5-6,9-12H2/b15-13-. The van der Waals surface area contributed by atoms with Crippen molar-refractivity contribution in [2.24, 2.45) is 0 Å². The number of rotatable bonds is 3. The van der Waals surface area contributed by atoms with Crippen molar-refractivity contribution < 1.29 is 18.0 Å². The molecule has 1 aliphatic heterocycles. The van der Waals surface area contributed by atoms with Crippen molar-refractivity contribution in [1.82, 2.24) is 4.90 Å². The summed E-state index contributed by atoms with van der Waals surface area (Å²) in [4.78, 5) is 13.9. The third-order valence-corrected chi connectivity index (χ3v) is 4.58. The molecule has 0 atom stereocenters. The van der Waals surface area contributed by atoms with Crippen molar-refractivity contribution in [2.75, 3.05) is 13.1 Å². The lowest BCUT2D eigenvalue weighted by Crippen LogP contribution is -2.32. The average Bonchev–Trinajstić information content (AvgIpc) is 2.98. The lowest BCUT2D eigenvalue weighted by atomic mass is 10.0. The van der Waals surface area contributed by atoms with Crippen molar-refractivity contribution in [2.45, 2.75) is 38.3 Å². The van der Waals surface area contributed by atoms with Gasteiger partial charge < -0.3 is 4.90 Å². The highest BCUT2D eigenvalue weighted by atomic mass is 19.4. The van der Waals surface area contributed by atoms with E-state index in [2.05, 4.69) is 0 Å². The van der Waals surface area contributed by atoms with Crippen LogP contribution in [0.2, 0.25) is 0 Å². The molecule has 1 aromatic carbocycles. The predicted molar refractivity (Wildman–Crippen MR) is 87.2 cm³/mol. The summed E-state index contributed by atoms with van der Waals surface area (Å²) in [7, 11) is 0. The number of carbonyl (C=O) groups excluding carboxylic acids is 1. The van der Waals surface area contributed by atoms with E-state index < -0.39 is 12.0 Å². The first-order valence-electron chi connectivity index (χ1n) is 8.32. The van der Waals surface area contributed by atoms with Crippen LogP contribution in [0.1, 0.15) is 37.7 Å². The molecule has 3 rings (SSSR count). The Hall–Kier alpha value is -2.04. The van der Waals surface area contributed by atoms with Gasteiger partial charge in [-0.15, -0.1) is 0 Å². The summed E-state index contributed by atoms with van der Waals surface area (Å²) < 4.78 is 38.9. The van der Waals surface area contributed by atoms with Crippen LogP contribution in [0.25, 0.3) is 6.08 Å².